The van der Waals surface area contributed by atoms with E-state index in [2.05, 4.69) is 10.2 Å². The normalized spacial score (nSPS) is 23.8. The molecule has 0 aromatic rings. The molecule has 2 aliphatic heterocycles. The summed E-state index contributed by atoms with van der Waals surface area (Å²) in [6.07, 6.45) is 3.57. The zero-order valence-electron chi connectivity index (χ0n) is 10.9. The van der Waals surface area contributed by atoms with Crippen LogP contribution in [0.5, 0.6) is 0 Å². The smallest absolute Gasteiger partial charge is 0.324 e. The number of nitrogens with two attached hydrogens (primary N) is 1. The Bertz CT molecular complexity index is 337. The third-order valence-electron chi connectivity index (χ3n) is 4.00. The van der Waals surface area contributed by atoms with Crippen molar-refractivity contribution in [3.05, 3.63) is 0 Å². The Morgan fingerprint density at radius 1 is 1.28 bits per heavy atom. The average Bonchev–Trinajstić information content (AvgIpc) is 2.58. The van der Waals surface area contributed by atoms with Gasteiger partial charge in [-0.2, -0.15) is 0 Å². The number of carbonyl (C=O) groups excluding carboxylic acids is 2. The Hall–Kier alpha value is -1.14. The van der Waals surface area contributed by atoms with Crippen LogP contribution in [0.1, 0.15) is 25.7 Å². The number of hydrogen-bond acceptors (Lipinski definition) is 4. The van der Waals surface area contributed by atoms with Crippen LogP contribution in [0, 0.1) is 0 Å². The maximum Gasteiger partial charge on any atom is 0.324 e. The van der Waals surface area contributed by atoms with Crippen molar-refractivity contribution in [1.82, 2.24) is 15.1 Å². The number of likely N-dealkylation sites (N-methyl/N-ethyl adjacent to an activating group) is 1. The molecule has 0 atom stereocenters. The number of rotatable bonds is 4. The molecule has 2 heterocycles. The summed E-state index contributed by atoms with van der Waals surface area (Å²) < 4.78 is 0. The molecule has 0 aliphatic carbocycles. The van der Waals surface area contributed by atoms with Gasteiger partial charge in [-0.15, -0.1) is 0 Å². The van der Waals surface area contributed by atoms with Gasteiger partial charge in [-0.05, 0) is 38.8 Å². The van der Waals surface area contributed by atoms with Gasteiger partial charge in [-0.1, -0.05) is 0 Å². The van der Waals surface area contributed by atoms with Crippen LogP contribution in [0.3, 0.4) is 0 Å². The summed E-state index contributed by atoms with van der Waals surface area (Å²) in [7, 11) is 1.54. The minimum absolute atomic E-state index is 0.0749. The van der Waals surface area contributed by atoms with Gasteiger partial charge in [0.2, 0.25) is 0 Å². The third kappa shape index (κ3) is 2.35. The van der Waals surface area contributed by atoms with Crippen LogP contribution in [-0.4, -0.2) is 60.5 Å². The van der Waals surface area contributed by atoms with Crippen molar-refractivity contribution in [2.45, 2.75) is 31.2 Å². The first kappa shape index (κ1) is 13.3. The molecule has 2 fully saturated rings. The molecule has 0 aromatic heterocycles. The predicted octanol–water partition coefficient (Wildman–Crippen LogP) is -0.258. The number of piperidine rings is 1. The second kappa shape index (κ2) is 5.24. The predicted molar refractivity (Wildman–Crippen MR) is 68.0 cm³/mol. The van der Waals surface area contributed by atoms with Crippen molar-refractivity contribution in [2.24, 2.45) is 5.73 Å². The van der Waals surface area contributed by atoms with Gasteiger partial charge in [-0.3, -0.25) is 9.69 Å². The van der Waals surface area contributed by atoms with Gasteiger partial charge < -0.3 is 16.0 Å². The first-order chi connectivity index (χ1) is 8.59. The Morgan fingerprint density at radius 3 is 2.44 bits per heavy atom. The van der Waals surface area contributed by atoms with E-state index in [9.17, 15) is 9.59 Å². The maximum absolute atomic E-state index is 12.1. The van der Waals surface area contributed by atoms with Crippen LogP contribution in [0.4, 0.5) is 4.79 Å². The van der Waals surface area contributed by atoms with Gasteiger partial charge >= 0.3 is 6.03 Å². The molecule has 6 heteroatoms. The van der Waals surface area contributed by atoms with Crippen LogP contribution >= 0.6 is 0 Å². The number of unbranched alkanes of at least 4 members (excludes halogenated alkanes) is 1. The lowest BCUT2D eigenvalue weighted by molar-refractivity contribution is -0.132. The number of imide groups is 1. The molecular formula is C12H22N4O2. The SMILES string of the molecule is CN1C(=O)NC2(CCN(CCCCN)CC2)C1=O. The number of nitrogens with zero attached hydrogens (tertiary/aromatic N) is 2. The van der Waals surface area contributed by atoms with Crippen molar-refractivity contribution in [3.63, 3.8) is 0 Å². The van der Waals surface area contributed by atoms with Crippen LogP contribution in [0.25, 0.3) is 0 Å². The molecule has 3 amide bonds. The largest absolute Gasteiger partial charge is 0.330 e. The summed E-state index contributed by atoms with van der Waals surface area (Å²) in [6, 6.07) is -0.267. The lowest BCUT2D eigenvalue weighted by atomic mass is 9.87. The molecule has 3 N–H and O–H groups in total. The molecule has 0 unspecified atom stereocenters. The first-order valence-electron chi connectivity index (χ1n) is 6.62. The van der Waals surface area contributed by atoms with Crippen molar-refractivity contribution < 1.29 is 9.59 Å². The van der Waals surface area contributed by atoms with Crippen molar-refractivity contribution in [1.29, 1.82) is 0 Å². The summed E-state index contributed by atoms with van der Waals surface area (Å²) in [5.74, 6) is -0.0749. The highest BCUT2D eigenvalue weighted by molar-refractivity contribution is 6.06. The van der Waals surface area contributed by atoms with Crippen molar-refractivity contribution >= 4 is 11.9 Å². The summed E-state index contributed by atoms with van der Waals surface area (Å²) in [5, 5.41) is 2.85. The molecule has 1 spiro atoms. The maximum atomic E-state index is 12.1. The van der Waals surface area contributed by atoms with E-state index in [0.717, 1.165) is 39.0 Å². The van der Waals surface area contributed by atoms with Crippen molar-refractivity contribution in [2.75, 3.05) is 33.2 Å². The standard InChI is InChI=1S/C12H22N4O2/c1-15-10(17)12(14-11(15)18)4-8-16(9-5-12)7-3-2-6-13/h2-9,13H2,1H3,(H,14,18). The molecule has 6 nitrogen and oxygen atoms in total. The summed E-state index contributed by atoms with van der Waals surface area (Å²) in [4.78, 5) is 27.1. The van der Waals surface area contributed by atoms with E-state index in [1.54, 1.807) is 7.05 Å². The molecule has 2 saturated heterocycles. The second-order valence-electron chi connectivity index (χ2n) is 5.21. The zero-order valence-corrected chi connectivity index (χ0v) is 10.9. The van der Waals surface area contributed by atoms with Gasteiger partial charge in [0.25, 0.3) is 5.91 Å². The van der Waals surface area contributed by atoms with E-state index in [0.29, 0.717) is 12.8 Å². The van der Waals surface area contributed by atoms with Gasteiger partial charge in [0, 0.05) is 20.1 Å². The summed E-state index contributed by atoms with van der Waals surface area (Å²) in [6.45, 7) is 3.50. The highest BCUT2D eigenvalue weighted by Gasteiger charge is 2.50. The molecule has 0 saturated carbocycles. The summed E-state index contributed by atoms with van der Waals surface area (Å²) >= 11 is 0. The highest BCUT2D eigenvalue weighted by atomic mass is 16.2. The Kier molecular flexibility index (Phi) is 3.87. The molecule has 102 valence electrons. The van der Waals surface area contributed by atoms with Gasteiger partial charge in [0.15, 0.2) is 0 Å². The number of urea groups is 1. The molecule has 0 radical (unpaired) electrons. The monoisotopic (exact) mass is 254 g/mol. The van der Waals surface area contributed by atoms with Gasteiger partial charge in [-0.25, -0.2) is 4.79 Å². The number of nitrogens with one attached hydrogen (secondary N) is 1. The Labute approximate surface area is 107 Å². The highest BCUT2D eigenvalue weighted by Crippen LogP contribution is 2.28. The number of likely N-dealkylation sites (tertiary alicyclic amines) is 1. The topological polar surface area (TPSA) is 78.7 Å². The molecular weight excluding hydrogens is 232 g/mol. The van der Waals surface area contributed by atoms with Crippen LogP contribution in [-0.2, 0) is 4.79 Å². The van der Waals surface area contributed by atoms with E-state index in [1.807, 2.05) is 0 Å². The minimum atomic E-state index is -0.629. The van der Waals surface area contributed by atoms with Crippen LogP contribution in [0.2, 0.25) is 0 Å². The number of carbonyl (C=O) groups is 2. The Morgan fingerprint density at radius 2 is 1.94 bits per heavy atom. The average molecular weight is 254 g/mol. The van der Waals surface area contributed by atoms with Gasteiger partial charge in [0.05, 0.1) is 0 Å². The lowest BCUT2D eigenvalue weighted by Gasteiger charge is -2.37. The quantitative estimate of drug-likeness (QED) is 0.535. The van der Waals surface area contributed by atoms with E-state index < -0.39 is 5.54 Å². The third-order valence-corrected chi connectivity index (χ3v) is 4.00. The molecule has 2 aliphatic rings. The Balaban J connectivity index is 1.86. The molecule has 0 aromatic carbocycles. The van der Waals surface area contributed by atoms with Crippen LogP contribution in [0.15, 0.2) is 0 Å². The van der Waals surface area contributed by atoms with Crippen LogP contribution < -0.4 is 11.1 Å². The second-order valence-corrected chi connectivity index (χ2v) is 5.21. The molecule has 18 heavy (non-hydrogen) atoms. The summed E-state index contributed by atoms with van der Waals surface area (Å²) in [5.41, 5.74) is 4.84. The fraction of sp³-hybridized carbons (Fsp3) is 0.833. The fourth-order valence-electron chi connectivity index (χ4n) is 2.73. The van der Waals surface area contributed by atoms with E-state index in [1.165, 1.54) is 4.90 Å². The first-order valence-corrected chi connectivity index (χ1v) is 6.62. The lowest BCUT2D eigenvalue weighted by Crippen LogP contribution is -2.54. The van der Waals surface area contributed by atoms with E-state index in [4.69, 9.17) is 5.73 Å². The molecule has 0 bridgehead atoms. The van der Waals surface area contributed by atoms with Gasteiger partial charge in [0.1, 0.15) is 5.54 Å². The van der Waals surface area contributed by atoms with E-state index in [-0.39, 0.29) is 11.9 Å². The van der Waals surface area contributed by atoms with E-state index >= 15 is 0 Å². The fourth-order valence-corrected chi connectivity index (χ4v) is 2.73. The zero-order chi connectivity index (χ0) is 13.2. The van der Waals surface area contributed by atoms with Crippen molar-refractivity contribution in [3.8, 4) is 0 Å². The molecule has 2 rings (SSSR count). The number of amides is 3. The number of hydrogen-bond donors (Lipinski definition) is 2. The minimum Gasteiger partial charge on any atom is -0.330 e.